The fourth-order valence-electron chi connectivity index (χ4n) is 2.24. The Kier molecular flexibility index (Phi) is 2.03. The maximum Gasteiger partial charge on any atom is 0.586 e. The van der Waals surface area contributed by atoms with E-state index in [1.165, 1.54) is 0 Å². The number of halogens is 2. The number of benzene rings is 1. The lowest BCUT2D eigenvalue weighted by Gasteiger charge is -2.07. The lowest BCUT2D eigenvalue weighted by atomic mass is 9.98. The first-order chi connectivity index (χ1) is 8.02. The van der Waals surface area contributed by atoms with E-state index < -0.39 is 6.29 Å². The molecule has 0 saturated carbocycles. The van der Waals surface area contributed by atoms with Gasteiger partial charge in [-0.2, -0.15) is 0 Å². The van der Waals surface area contributed by atoms with Gasteiger partial charge in [-0.25, -0.2) is 0 Å². The molecular weight excluding hydrogens is 230 g/mol. The largest absolute Gasteiger partial charge is 0.586 e. The summed E-state index contributed by atoms with van der Waals surface area (Å²) in [6.07, 6.45) is -2.97. The van der Waals surface area contributed by atoms with E-state index in [1.807, 2.05) is 19.9 Å². The fraction of sp³-hybridized carbons (Fsp3) is 0.500. The third kappa shape index (κ3) is 1.45. The van der Waals surface area contributed by atoms with Gasteiger partial charge in [0, 0.05) is 11.5 Å². The highest BCUT2D eigenvalue weighted by atomic mass is 19.3. The van der Waals surface area contributed by atoms with E-state index in [0.717, 1.165) is 11.1 Å². The number of hydrogen-bond donors (Lipinski definition) is 0. The van der Waals surface area contributed by atoms with Crippen LogP contribution in [0, 0.1) is 0 Å². The lowest BCUT2D eigenvalue weighted by molar-refractivity contribution is -0.287. The molecule has 2 heterocycles. The van der Waals surface area contributed by atoms with Crippen LogP contribution in [-0.4, -0.2) is 12.9 Å². The molecule has 0 N–H and O–H groups in total. The number of hydrogen-bond acceptors (Lipinski definition) is 3. The van der Waals surface area contributed by atoms with Crippen LogP contribution in [0.2, 0.25) is 0 Å². The van der Waals surface area contributed by atoms with Crippen molar-refractivity contribution >= 4 is 0 Å². The van der Waals surface area contributed by atoms with Crippen molar-refractivity contribution in [2.45, 2.75) is 32.5 Å². The Balaban J connectivity index is 2.20. The summed E-state index contributed by atoms with van der Waals surface area (Å²) in [6.45, 7) is 4.37. The minimum atomic E-state index is -3.59. The molecule has 3 nitrogen and oxygen atoms in total. The van der Waals surface area contributed by atoms with Gasteiger partial charge >= 0.3 is 6.29 Å². The summed E-state index contributed by atoms with van der Waals surface area (Å²) in [5, 5.41) is 0. The number of ether oxygens (including phenoxy) is 3. The molecule has 1 aromatic rings. The summed E-state index contributed by atoms with van der Waals surface area (Å²) in [4.78, 5) is 0. The van der Waals surface area contributed by atoms with Gasteiger partial charge in [-0.05, 0) is 18.1 Å². The molecule has 0 radical (unpaired) electrons. The SMILES string of the molecule is CCc1cc2c(c3c1OC(F)(F)O3)OCC2C. The van der Waals surface area contributed by atoms with Gasteiger partial charge < -0.3 is 14.2 Å². The van der Waals surface area contributed by atoms with E-state index in [4.69, 9.17) is 4.74 Å². The van der Waals surface area contributed by atoms with Crippen LogP contribution in [0.1, 0.15) is 30.9 Å². The molecule has 0 bridgehead atoms. The van der Waals surface area contributed by atoms with E-state index in [9.17, 15) is 8.78 Å². The van der Waals surface area contributed by atoms with Crippen LogP contribution < -0.4 is 14.2 Å². The second kappa shape index (κ2) is 3.24. The van der Waals surface area contributed by atoms with E-state index >= 15 is 0 Å². The molecule has 0 spiro atoms. The summed E-state index contributed by atoms with van der Waals surface area (Å²) in [6, 6.07) is 1.87. The van der Waals surface area contributed by atoms with Gasteiger partial charge in [-0.3, -0.25) is 0 Å². The first-order valence-electron chi connectivity index (χ1n) is 5.60. The molecule has 2 aliphatic heterocycles. The average molecular weight is 242 g/mol. The van der Waals surface area contributed by atoms with Gasteiger partial charge in [-0.15, -0.1) is 8.78 Å². The molecule has 1 unspecified atom stereocenters. The quantitative estimate of drug-likeness (QED) is 0.757. The molecule has 17 heavy (non-hydrogen) atoms. The second-order valence-corrected chi connectivity index (χ2v) is 4.35. The lowest BCUT2D eigenvalue weighted by Crippen LogP contribution is -2.26. The Morgan fingerprint density at radius 3 is 2.71 bits per heavy atom. The van der Waals surface area contributed by atoms with Crippen molar-refractivity contribution in [3.63, 3.8) is 0 Å². The summed E-state index contributed by atoms with van der Waals surface area (Å²) in [7, 11) is 0. The van der Waals surface area contributed by atoms with Gasteiger partial charge in [0.05, 0.1) is 6.61 Å². The van der Waals surface area contributed by atoms with E-state index in [-0.39, 0.29) is 17.4 Å². The number of rotatable bonds is 1. The molecule has 0 saturated heterocycles. The Labute approximate surface area is 97.3 Å². The van der Waals surface area contributed by atoms with Crippen LogP contribution in [0.3, 0.4) is 0 Å². The molecule has 2 aliphatic rings. The first kappa shape index (κ1) is 10.6. The highest BCUT2D eigenvalue weighted by Crippen LogP contribution is 2.54. The highest BCUT2D eigenvalue weighted by molar-refractivity contribution is 5.63. The predicted molar refractivity (Wildman–Crippen MR) is 55.9 cm³/mol. The third-order valence-corrected chi connectivity index (χ3v) is 3.13. The number of alkyl halides is 2. The van der Waals surface area contributed by atoms with E-state index in [1.54, 1.807) is 0 Å². The van der Waals surface area contributed by atoms with Crippen molar-refractivity contribution in [2.24, 2.45) is 0 Å². The Morgan fingerprint density at radius 2 is 2.00 bits per heavy atom. The van der Waals surface area contributed by atoms with Crippen molar-refractivity contribution < 1.29 is 23.0 Å². The van der Waals surface area contributed by atoms with Crippen molar-refractivity contribution in [1.82, 2.24) is 0 Å². The minimum Gasteiger partial charge on any atom is -0.489 e. The summed E-state index contributed by atoms with van der Waals surface area (Å²) in [5.41, 5.74) is 1.65. The van der Waals surface area contributed by atoms with Gasteiger partial charge in [0.25, 0.3) is 0 Å². The number of aryl methyl sites for hydroxylation is 1. The van der Waals surface area contributed by atoms with Gasteiger partial charge in [0.2, 0.25) is 5.75 Å². The van der Waals surface area contributed by atoms with Gasteiger partial charge in [0.15, 0.2) is 11.5 Å². The normalized spacial score (nSPS) is 23.4. The van der Waals surface area contributed by atoms with Crippen LogP contribution in [-0.2, 0) is 6.42 Å². The van der Waals surface area contributed by atoms with Crippen LogP contribution >= 0.6 is 0 Å². The Bertz CT molecular complexity index is 485. The second-order valence-electron chi connectivity index (χ2n) is 4.35. The molecule has 5 heteroatoms. The van der Waals surface area contributed by atoms with Gasteiger partial charge in [0.1, 0.15) is 0 Å². The zero-order valence-electron chi connectivity index (χ0n) is 9.55. The maximum absolute atomic E-state index is 13.1. The van der Waals surface area contributed by atoms with Crippen LogP contribution in [0.25, 0.3) is 0 Å². The first-order valence-corrected chi connectivity index (χ1v) is 5.60. The fourth-order valence-corrected chi connectivity index (χ4v) is 2.24. The molecule has 0 amide bonds. The summed E-state index contributed by atoms with van der Waals surface area (Å²) in [5.74, 6) is 0.763. The molecule has 3 rings (SSSR count). The standard InChI is InChI=1S/C12H12F2O3/c1-3-7-4-8-6(2)5-15-10(8)11-9(7)16-12(13,14)17-11/h4,6H,3,5H2,1-2H3. The summed E-state index contributed by atoms with van der Waals surface area (Å²) >= 11 is 0. The molecule has 0 fully saturated rings. The van der Waals surface area contributed by atoms with Crippen molar-refractivity contribution in [2.75, 3.05) is 6.61 Å². The Morgan fingerprint density at radius 1 is 1.29 bits per heavy atom. The maximum atomic E-state index is 13.1. The smallest absolute Gasteiger partial charge is 0.489 e. The van der Waals surface area contributed by atoms with Crippen molar-refractivity contribution in [3.8, 4) is 17.2 Å². The van der Waals surface area contributed by atoms with Crippen LogP contribution in [0.5, 0.6) is 17.2 Å². The van der Waals surface area contributed by atoms with Crippen LogP contribution in [0.15, 0.2) is 6.07 Å². The minimum absolute atomic E-state index is 0.0497. The molecule has 1 aromatic carbocycles. The monoisotopic (exact) mass is 242 g/mol. The molecule has 0 aliphatic carbocycles. The Hall–Kier alpha value is -1.52. The topological polar surface area (TPSA) is 27.7 Å². The summed E-state index contributed by atoms with van der Waals surface area (Å²) < 4.78 is 40.7. The molecular formula is C12H12F2O3. The zero-order chi connectivity index (χ0) is 12.2. The van der Waals surface area contributed by atoms with Gasteiger partial charge in [-0.1, -0.05) is 13.8 Å². The highest BCUT2D eigenvalue weighted by Gasteiger charge is 2.47. The van der Waals surface area contributed by atoms with E-state index in [2.05, 4.69) is 9.47 Å². The zero-order valence-corrected chi connectivity index (χ0v) is 9.55. The van der Waals surface area contributed by atoms with E-state index in [0.29, 0.717) is 18.8 Å². The molecule has 92 valence electrons. The average Bonchev–Trinajstić information content (AvgIpc) is 2.77. The van der Waals surface area contributed by atoms with Crippen molar-refractivity contribution in [3.05, 3.63) is 17.2 Å². The predicted octanol–water partition coefficient (Wildman–Crippen LogP) is 3.07. The third-order valence-electron chi connectivity index (χ3n) is 3.13. The molecule has 1 atom stereocenters. The van der Waals surface area contributed by atoms with Crippen molar-refractivity contribution in [1.29, 1.82) is 0 Å². The number of fused-ring (bicyclic) bond motifs is 3. The molecule has 0 aromatic heterocycles. The van der Waals surface area contributed by atoms with Crippen LogP contribution in [0.4, 0.5) is 8.78 Å².